The van der Waals surface area contributed by atoms with E-state index in [4.69, 9.17) is 4.74 Å². The molecular weight excluding hydrogens is 160 g/mol. The maximum Gasteiger partial charge on any atom is 0.0793 e. The lowest BCUT2D eigenvalue weighted by molar-refractivity contribution is 0.299. The highest BCUT2D eigenvalue weighted by atomic mass is 16.5. The van der Waals surface area contributed by atoms with Crippen molar-refractivity contribution >= 4 is 0 Å². The summed E-state index contributed by atoms with van der Waals surface area (Å²) in [6, 6.07) is 0. The summed E-state index contributed by atoms with van der Waals surface area (Å²) in [5, 5.41) is 0. The number of hydrogen-bond donors (Lipinski definition) is 0. The Kier molecular flexibility index (Phi) is 1.98. The smallest absolute Gasteiger partial charge is 0.0793 e. The number of rotatable bonds is 2. The van der Waals surface area contributed by atoms with Crippen LogP contribution < -0.4 is 0 Å². The molecule has 2 saturated carbocycles. The molecule has 0 aromatic heterocycles. The number of allylic oxidation sites excluding steroid dienone is 2. The van der Waals surface area contributed by atoms with Crippen LogP contribution in [0.15, 0.2) is 24.5 Å². The second kappa shape index (κ2) is 2.90. The lowest BCUT2D eigenvalue weighted by atomic mass is 9.72. The van der Waals surface area contributed by atoms with E-state index in [0.29, 0.717) is 0 Å². The Hall–Kier alpha value is -0.720. The molecule has 0 saturated heterocycles. The summed E-state index contributed by atoms with van der Waals surface area (Å²) in [6.07, 6.45) is 8.09. The van der Waals surface area contributed by atoms with Gasteiger partial charge in [-0.3, -0.25) is 0 Å². The van der Waals surface area contributed by atoms with Crippen molar-refractivity contribution in [2.24, 2.45) is 17.3 Å². The molecule has 0 amide bonds. The van der Waals surface area contributed by atoms with Gasteiger partial charge in [0.05, 0.1) is 13.4 Å². The summed E-state index contributed by atoms with van der Waals surface area (Å²) in [6.45, 7) is 6.54. The topological polar surface area (TPSA) is 9.23 Å². The quantitative estimate of drug-likeness (QED) is 0.466. The summed E-state index contributed by atoms with van der Waals surface area (Å²) >= 11 is 0. The highest BCUT2D eigenvalue weighted by Crippen LogP contribution is 2.59. The second-order valence-electron chi connectivity index (χ2n) is 4.55. The third-order valence-electron chi connectivity index (χ3n) is 4.02. The van der Waals surface area contributed by atoms with Gasteiger partial charge in [-0.15, -0.1) is 0 Å². The average Bonchev–Trinajstić information content (AvgIpc) is 2.68. The third-order valence-corrected chi connectivity index (χ3v) is 4.02. The Morgan fingerprint density at radius 3 is 2.85 bits per heavy atom. The molecule has 0 unspecified atom stereocenters. The van der Waals surface area contributed by atoms with Crippen molar-refractivity contribution < 1.29 is 4.74 Å². The third kappa shape index (κ3) is 1.13. The Bertz CT molecular complexity index is 254. The summed E-state index contributed by atoms with van der Waals surface area (Å²) in [7, 11) is 1.70. The fraction of sp³-hybridized carbons (Fsp3) is 0.667. The van der Waals surface area contributed by atoms with Crippen molar-refractivity contribution in [3.8, 4) is 0 Å². The Labute approximate surface area is 80.5 Å². The molecule has 72 valence electrons. The van der Waals surface area contributed by atoms with E-state index in [0.717, 1.165) is 11.8 Å². The molecule has 0 aliphatic heterocycles. The minimum atomic E-state index is 0.221. The number of hydrogen-bond acceptors (Lipinski definition) is 1. The van der Waals surface area contributed by atoms with Gasteiger partial charge in [0.15, 0.2) is 0 Å². The van der Waals surface area contributed by atoms with Crippen molar-refractivity contribution in [1.29, 1.82) is 0 Å². The molecule has 0 radical (unpaired) electrons. The molecule has 2 fully saturated rings. The van der Waals surface area contributed by atoms with Crippen LogP contribution in [0.1, 0.15) is 26.2 Å². The Morgan fingerprint density at radius 1 is 1.54 bits per heavy atom. The van der Waals surface area contributed by atoms with Crippen molar-refractivity contribution in [3.05, 3.63) is 24.5 Å². The maximum atomic E-state index is 5.00. The first kappa shape index (κ1) is 8.86. The molecule has 3 atom stereocenters. The molecule has 0 aromatic carbocycles. The van der Waals surface area contributed by atoms with Crippen LogP contribution in [0.25, 0.3) is 0 Å². The number of ether oxygens (including phenoxy) is 1. The molecule has 0 N–H and O–H groups in total. The van der Waals surface area contributed by atoms with Gasteiger partial charge >= 0.3 is 0 Å². The van der Waals surface area contributed by atoms with Crippen LogP contribution in [0.5, 0.6) is 0 Å². The first-order valence-electron chi connectivity index (χ1n) is 5.08. The van der Waals surface area contributed by atoms with Crippen molar-refractivity contribution in [2.45, 2.75) is 26.2 Å². The average molecular weight is 178 g/mol. The van der Waals surface area contributed by atoms with Crippen molar-refractivity contribution in [2.75, 3.05) is 7.11 Å². The van der Waals surface area contributed by atoms with Crippen LogP contribution >= 0.6 is 0 Å². The van der Waals surface area contributed by atoms with Crippen LogP contribution in [-0.2, 0) is 4.74 Å². The largest absolute Gasteiger partial charge is 0.505 e. The fourth-order valence-electron chi connectivity index (χ4n) is 3.00. The zero-order valence-corrected chi connectivity index (χ0v) is 8.55. The van der Waals surface area contributed by atoms with E-state index in [1.807, 2.05) is 6.26 Å². The molecule has 2 rings (SSSR count). The van der Waals surface area contributed by atoms with Gasteiger partial charge < -0.3 is 4.74 Å². The van der Waals surface area contributed by atoms with Crippen LogP contribution in [0.3, 0.4) is 0 Å². The van der Waals surface area contributed by atoms with E-state index in [9.17, 15) is 0 Å². The fourth-order valence-corrected chi connectivity index (χ4v) is 3.00. The van der Waals surface area contributed by atoms with E-state index < -0.39 is 0 Å². The minimum absolute atomic E-state index is 0.221. The second-order valence-corrected chi connectivity index (χ2v) is 4.55. The SMILES string of the molecule is C=C1[C@H]2CC[C@H](C2)[C@@]1(C)/C=C/OC. The van der Waals surface area contributed by atoms with Crippen LogP contribution in [0.4, 0.5) is 0 Å². The van der Waals surface area contributed by atoms with Crippen LogP contribution in [0.2, 0.25) is 0 Å². The van der Waals surface area contributed by atoms with Crippen LogP contribution in [0, 0.1) is 17.3 Å². The van der Waals surface area contributed by atoms with E-state index >= 15 is 0 Å². The Balaban J connectivity index is 2.22. The van der Waals surface area contributed by atoms with E-state index in [-0.39, 0.29) is 5.41 Å². The molecule has 0 heterocycles. The first-order chi connectivity index (χ1) is 6.18. The highest BCUT2D eigenvalue weighted by Gasteiger charge is 2.49. The van der Waals surface area contributed by atoms with Gasteiger partial charge in [0, 0.05) is 5.41 Å². The van der Waals surface area contributed by atoms with Gasteiger partial charge in [-0.05, 0) is 37.2 Å². The predicted molar refractivity (Wildman–Crippen MR) is 54.2 cm³/mol. The lowest BCUT2D eigenvalue weighted by Crippen LogP contribution is -2.23. The molecule has 13 heavy (non-hydrogen) atoms. The molecule has 2 aliphatic rings. The van der Waals surface area contributed by atoms with Gasteiger partial charge in [0.1, 0.15) is 0 Å². The van der Waals surface area contributed by atoms with E-state index in [2.05, 4.69) is 19.6 Å². The number of fused-ring (bicyclic) bond motifs is 2. The van der Waals surface area contributed by atoms with Crippen molar-refractivity contribution in [3.63, 3.8) is 0 Å². The first-order valence-corrected chi connectivity index (χ1v) is 5.08. The molecule has 1 heteroatoms. The zero-order valence-electron chi connectivity index (χ0n) is 8.55. The van der Waals surface area contributed by atoms with Gasteiger partial charge in [0.25, 0.3) is 0 Å². The van der Waals surface area contributed by atoms with Gasteiger partial charge in [-0.2, -0.15) is 0 Å². The van der Waals surface area contributed by atoms with E-state index in [1.54, 1.807) is 7.11 Å². The molecule has 1 nitrogen and oxygen atoms in total. The zero-order chi connectivity index (χ0) is 9.47. The van der Waals surface area contributed by atoms with Gasteiger partial charge in [-0.1, -0.05) is 19.1 Å². The maximum absolute atomic E-state index is 5.00. The minimum Gasteiger partial charge on any atom is -0.505 e. The van der Waals surface area contributed by atoms with Gasteiger partial charge in [0.2, 0.25) is 0 Å². The van der Waals surface area contributed by atoms with Crippen molar-refractivity contribution in [1.82, 2.24) is 0 Å². The summed E-state index contributed by atoms with van der Waals surface area (Å²) in [5.41, 5.74) is 1.65. The molecular formula is C12H18O. The predicted octanol–water partition coefficient (Wildman–Crippen LogP) is 3.14. The molecule has 0 spiro atoms. The normalized spacial score (nSPS) is 43.4. The lowest BCUT2D eigenvalue weighted by Gasteiger charge is -2.32. The molecule has 2 aliphatic carbocycles. The molecule has 2 bridgehead atoms. The highest BCUT2D eigenvalue weighted by molar-refractivity contribution is 5.29. The summed E-state index contributed by atoms with van der Waals surface area (Å²) in [4.78, 5) is 0. The van der Waals surface area contributed by atoms with Gasteiger partial charge in [-0.25, -0.2) is 0 Å². The summed E-state index contributed by atoms with van der Waals surface area (Å²) < 4.78 is 5.00. The number of methoxy groups -OCH3 is 1. The monoisotopic (exact) mass is 178 g/mol. The Morgan fingerprint density at radius 2 is 2.31 bits per heavy atom. The van der Waals surface area contributed by atoms with E-state index in [1.165, 1.54) is 24.8 Å². The standard InChI is InChI=1S/C12H18O/c1-9-10-4-5-11(8-10)12(9,2)6-7-13-3/h6-7,10-11H,1,4-5,8H2,2-3H3/b7-6+/t10-,11+,12-/m0/s1. The van der Waals surface area contributed by atoms with Crippen LogP contribution in [-0.4, -0.2) is 7.11 Å². The molecule has 0 aromatic rings. The summed E-state index contributed by atoms with van der Waals surface area (Å²) in [5.74, 6) is 1.60.